The maximum atomic E-state index is 13.0. The number of hydrogen-bond donors (Lipinski definition) is 1. The van der Waals surface area contributed by atoms with Crippen LogP contribution in [0.2, 0.25) is 0 Å². The molecule has 2 aliphatic heterocycles. The molecule has 2 aromatic carbocycles. The monoisotopic (exact) mass is 394 g/mol. The van der Waals surface area contributed by atoms with Gasteiger partial charge >= 0.3 is 5.97 Å². The molecule has 1 atom stereocenters. The molecule has 2 N–H and O–H groups in total. The number of esters is 1. The maximum absolute atomic E-state index is 13.0. The number of carbonyl (C=O) groups excluding carboxylic acids is 3. The third kappa shape index (κ3) is 3.68. The highest BCUT2D eigenvalue weighted by Crippen LogP contribution is 2.44. The number of para-hydroxylation sites is 2. The van der Waals surface area contributed by atoms with Crippen LogP contribution in [0.25, 0.3) is 0 Å². The van der Waals surface area contributed by atoms with Crippen LogP contribution in [0.1, 0.15) is 36.3 Å². The summed E-state index contributed by atoms with van der Waals surface area (Å²) in [6.07, 6.45) is 2.17. The maximum Gasteiger partial charge on any atom is 0.318 e. The number of nitrogens with two attached hydrogens (primary N) is 1. The molecule has 0 radical (unpaired) electrons. The van der Waals surface area contributed by atoms with Gasteiger partial charge in [-0.05, 0) is 31.4 Å². The van der Waals surface area contributed by atoms with E-state index in [0.717, 1.165) is 12.8 Å². The van der Waals surface area contributed by atoms with Crippen molar-refractivity contribution in [2.45, 2.75) is 31.2 Å². The fraction of sp³-hybridized carbons (Fsp3) is 0.318. The van der Waals surface area contributed by atoms with Crippen molar-refractivity contribution in [1.29, 1.82) is 0 Å². The van der Waals surface area contributed by atoms with Crippen LogP contribution in [0.3, 0.4) is 0 Å². The summed E-state index contributed by atoms with van der Waals surface area (Å²) in [6.45, 7) is 0.0111. The molecule has 150 valence electrons. The fourth-order valence-corrected chi connectivity index (χ4v) is 3.99. The quantitative estimate of drug-likeness (QED) is 0.803. The Labute approximate surface area is 168 Å². The molecular formula is C22H22N2O5. The average Bonchev–Trinajstić information content (AvgIpc) is 2.75. The topological polar surface area (TPSA) is 98.9 Å². The summed E-state index contributed by atoms with van der Waals surface area (Å²) in [6, 6.07) is 13.9. The van der Waals surface area contributed by atoms with Crippen LogP contribution >= 0.6 is 0 Å². The van der Waals surface area contributed by atoms with Gasteiger partial charge in [-0.1, -0.05) is 36.4 Å². The summed E-state index contributed by atoms with van der Waals surface area (Å²) in [4.78, 5) is 38.7. The van der Waals surface area contributed by atoms with Crippen LogP contribution in [0.15, 0.2) is 48.5 Å². The summed E-state index contributed by atoms with van der Waals surface area (Å²) in [5, 5.41) is 0. The highest BCUT2D eigenvalue weighted by atomic mass is 16.5. The molecule has 2 aromatic rings. The SMILES string of the molecule is NC(=O)[C@H]1CCCCN1C(=O)COC(=O)C1c2ccccc2Oc2ccccc21. The molecule has 2 heterocycles. The summed E-state index contributed by atoms with van der Waals surface area (Å²) >= 11 is 0. The first-order valence-corrected chi connectivity index (χ1v) is 9.67. The van der Waals surface area contributed by atoms with E-state index in [4.69, 9.17) is 15.2 Å². The Balaban J connectivity index is 1.52. The van der Waals surface area contributed by atoms with Crippen molar-refractivity contribution in [2.75, 3.05) is 13.2 Å². The summed E-state index contributed by atoms with van der Waals surface area (Å²) in [5.41, 5.74) is 6.80. The second-order valence-corrected chi connectivity index (χ2v) is 7.22. The number of ether oxygens (including phenoxy) is 2. The van der Waals surface area contributed by atoms with E-state index in [0.29, 0.717) is 35.6 Å². The Hall–Kier alpha value is -3.35. The number of primary amides is 1. The van der Waals surface area contributed by atoms with Crippen LogP contribution < -0.4 is 10.5 Å². The van der Waals surface area contributed by atoms with Gasteiger partial charge in [-0.15, -0.1) is 0 Å². The number of piperidine rings is 1. The van der Waals surface area contributed by atoms with Gasteiger partial charge in [0.1, 0.15) is 23.5 Å². The smallest absolute Gasteiger partial charge is 0.318 e. The first-order valence-electron chi connectivity index (χ1n) is 9.67. The number of rotatable bonds is 4. The molecule has 1 saturated heterocycles. The molecule has 0 unspecified atom stereocenters. The molecule has 2 aliphatic rings. The predicted molar refractivity (Wildman–Crippen MR) is 104 cm³/mol. The van der Waals surface area contributed by atoms with E-state index in [1.807, 2.05) is 36.4 Å². The zero-order chi connectivity index (χ0) is 20.4. The van der Waals surface area contributed by atoms with E-state index in [9.17, 15) is 14.4 Å². The molecule has 0 saturated carbocycles. The minimum absolute atomic E-state index is 0.407. The number of amides is 2. The second-order valence-electron chi connectivity index (χ2n) is 7.22. The number of likely N-dealkylation sites (tertiary alicyclic amines) is 1. The van der Waals surface area contributed by atoms with Crippen LogP contribution in [0.4, 0.5) is 0 Å². The van der Waals surface area contributed by atoms with Crippen molar-refractivity contribution < 1.29 is 23.9 Å². The van der Waals surface area contributed by atoms with Gasteiger partial charge in [-0.25, -0.2) is 0 Å². The molecule has 7 heteroatoms. The van der Waals surface area contributed by atoms with Crippen molar-refractivity contribution in [2.24, 2.45) is 5.73 Å². The highest BCUT2D eigenvalue weighted by molar-refractivity contribution is 5.90. The van der Waals surface area contributed by atoms with Gasteiger partial charge in [-0.3, -0.25) is 14.4 Å². The first kappa shape index (κ1) is 19.0. The van der Waals surface area contributed by atoms with E-state index in [2.05, 4.69) is 0 Å². The average molecular weight is 394 g/mol. The standard InChI is InChI=1S/C22H22N2O5/c23-21(26)16-9-5-6-12-24(16)19(25)13-28-22(27)20-14-7-1-3-10-17(14)29-18-11-4-2-8-15(18)20/h1-4,7-8,10-11,16,20H,5-6,9,12-13H2,(H2,23,26)/t16-/m1/s1. The van der Waals surface area contributed by atoms with E-state index >= 15 is 0 Å². The van der Waals surface area contributed by atoms with Gasteiger partial charge in [0, 0.05) is 17.7 Å². The van der Waals surface area contributed by atoms with Crippen LogP contribution in [-0.4, -0.2) is 41.9 Å². The van der Waals surface area contributed by atoms with Crippen LogP contribution in [-0.2, 0) is 19.1 Å². The molecular weight excluding hydrogens is 372 g/mol. The van der Waals surface area contributed by atoms with Crippen molar-refractivity contribution in [3.63, 3.8) is 0 Å². The van der Waals surface area contributed by atoms with Gasteiger partial charge in [0.2, 0.25) is 5.91 Å². The molecule has 0 bridgehead atoms. The molecule has 4 rings (SSSR count). The highest BCUT2D eigenvalue weighted by Gasteiger charge is 2.35. The molecule has 2 amide bonds. The Bertz CT molecular complexity index is 912. The van der Waals surface area contributed by atoms with Gasteiger partial charge in [0.15, 0.2) is 6.61 Å². The van der Waals surface area contributed by atoms with Gasteiger partial charge in [0.25, 0.3) is 5.91 Å². The second kappa shape index (κ2) is 7.95. The summed E-state index contributed by atoms with van der Waals surface area (Å²) in [7, 11) is 0. The molecule has 0 aromatic heterocycles. The van der Waals surface area contributed by atoms with E-state index in [1.54, 1.807) is 12.1 Å². The number of fused-ring (bicyclic) bond motifs is 2. The largest absolute Gasteiger partial charge is 0.457 e. The Morgan fingerprint density at radius 3 is 2.24 bits per heavy atom. The van der Waals surface area contributed by atoms with E-state index in [1.165, 1.54) is 4.90 Å². The Morgan fingerprint density at radius 1 is 1.00 bits per heavy atom. The van der Waals surface area contributed by atoms with Crippen molar-refractivity contribution in [1.82, 2.24) is 4.90 Å². The first-order chi connectivity index (χ1) is 14.1. The molecule has 7 nitrogen and oxygen atoms in total. The summed E-state index contributed by atoms with van der Waals surface area (Å²) < 4.78 is 11.3. The number of carbonyl (C=O) groups is 3. The third-order valence-electron chi connectivity index (χ3n) is 5.41. The van der Waals surface area contributed by atoms with Crippen molar-refractivity contribution in [3.05, 3.63) is 59.7 Å². The zero-order valence-electron chi connectivity index (χ0n) is 15.9. The number of nitrogens with zero attached hydrogens (tertiary/aromatic N) is 1. The molecule has 1 fully saturated rings. The van der Waals surface area contributed by atoms with Crippen LogP contribution in [0.5, 0.6) is 11.5 Å². The predicted octanol–water partition coefficient (Wildman–Crippen LogP) is 2.33. The van der Waals surface area contributed by atoms with Crippen molar-refractivity contribution in [3.8, 4) is 11.5 Å². The van der Waals surface area contributed by atoms with Gasteiger partial charge in [-0.2, -0.15) is 0 Å². The molecule has 0 aliphatic carbocycles. The third-order valence-corrected chi connectivity index (χ3v) is 5.41. The number of benzene rings is 2. The van der Waals surface area contributed by atoms with Gasteiger partial charge < -0.3 is 20.1 Å². The normalized spacial score (nSPS) is 18.2. The zero-order valence-corrected chi connectivity index (χ0v) is 15.9. The molecule has 29 heavy (non-hydrogen) atoms. The summed E-state index contributed by atoms with van der Waals surface area (Å²) in [5.74, 6) is -0.979. The fourth-order valence-electron chi connectivity index (χ4n) is 3.99. The Kier molecular flexibility index (Phi) is 5.20. The minimum atomic E-state index is -0.683. The van der Waals surface area contributed by atoms with Crippen molar-refractivity contribution >= 4 is 17.8 Å². The Morgan fingerprint density at radius 2 is 1.62 bits per heavy atom. The lowest BCUT2D eigenvalue weighted by atomic mass is 9.88. The lowest BCUT2D eigenvalue weighted by molar-refractivity contribution is -0.155. The van der Waals surface area contributed by atoms with E-state index in [-0.39, 0.29) is 0 Å². The lowest BCUT2D eigenvalue weighted by Gasteiger charge is -2.33. The lowest BCUT2D eigenvalue weighted by Crippen LogP contribution is -2.51. The number of hydrogen-bond acceptors (Lipinski definition) is 5. The van der Waals surface area contributed by atoms with E-state index < -0.39 is 36.4 Å². The molecule has 0 spiro atoms. The van der Waals surface area contributed by atoms with Crippen LogP contribution in [0, 0.1) is 0 Å². The van der Waals surface area contributed by atoms with Gasteiger partial charge in [0.05, 0.1) is 0 Å². The minimum Gasteiger partial charge on any atom is -0.457 e.